The minimum atomic E-state index is 0.635. The van der Waals surface area contributed by atoms with E-state index in [0.717, 1.165) is 56.0 Å². The number of benzene rings is 6. The molecule has 0 aliphatic carbocycles. The van der Waals surface area contributed by atoms with Crippen LogP contribution in [0.1, 0.15) is 0 Å². The van der Waals surface area contributed by atoms with Gasteiger partial charge in [0.25, 0.3) is 0 Å². The first-order valence-electron chi connectivity index (χ1n) is 17.2. The van der Waals surface area contributed by atoms with Gasteiger partial charge in [0.1, 0.15) is 5.65 Å². The highest BCUT2D eigenvalue weighted by molar-refractivity contribution is 7.25. The third kappa shape index (κ3) is 5.34. The molecule has 244 valence electrons. The summed E-state index contributed by atoms with van der Waals surface area (Å²) in [5, 5.41) is 2.52. The third-order valence-electron chi connectivity index (χ3n) is 9.49. The molecule has 0 unspecified atom stereocenters. The summed E-state index contributed by atoms with van der Waals surface area (Å²) in [5.41, 5.74) is 10.2. The Morgan fingerprint density at radius 2 is 0.942 bits per heavy atom. The van der Waals surface area contributed by atoms with E-state index in [1.165, 1.54) is 20.2 Å². The largest absolute Gasteiger partial charge is 0.299 e. The zero-order chi connectivity index (χ0) is 34.4. The lowest BCUT2D eigenvalue weighted by Gasteiger charge is -2.10. The summed E-state index contributed by atoms with van der Waals surface area (Å²) >= 11 is 1.79. The lowest BCUT2D eigenvalue weighted by molar-refractivity contribution is 1.07. The fourth-order valence-corrected chi connectivity index (χ4v) is 8.09. The van der Waals surface area contributed by atoms with Crippen LogP contribution in [0.2, 0.25) is 0 Å². The summed E-state index contributed by atoms with van der Waals surface area (Å²) in [6, 6.07) is 58.9. The number of aromatic nitrogens is 5. The second-order valence-electron chi connectivity index (χ2n) is 12.7. The van der Waals surface area contributed by atoms with Crippen molar-refractivity contribution in [1.29, 1.82) is 0 Å². The molecule has 6 heteroatoms. The maximum absolute atomic E-state index is 5.08. The predicted octanol–water partition coefficient (Wildman–Crippen LogP) is 11.9. The van der Waals surface area contributed by atoms with Crippen molar-refractivity contribution in [3.63, 3.8) is 0 Å². The van der Waals surface area contributed by atoms with Crippen LogP contribution < -0.4 is 0 Å². The topological polar surface area (TPSA) is 56.0 Å². The number of hydrogen-bond acceptors (Lipinski definition) is 5. The van der Waals surface area contributed by atoms with E-state index in [-0.39, 0.29) is 0 Å². The number of imidazole rings is 1. The third-order valence-corrected chi connectivity index (χ3v) is 10.6. The van der Waals surface area contributed by atoms with Gasteiger partial charge in [-0.05, 0) is 41.5 Å². The van der Waals surface area contributed by atoms with E-state index in [0.29, 0.717) is 17.5 Å². The summed E-state index contributed by atoms with van der Waals surface area (Å²) in [6.45, 7) is 0. The van der Waals surface area contributed by atoms with Gasteiger partial charge in [0, 0.05) is 54.2 Å². The average molecular weight is 684 g/mol. The molecule has 52 heavy (non-hydrogen) atoms. The molecule has 0 radical (unpaired) electrons. The van der Waals surface area contributed by atoms with Crippen molar-refractivity contribution >= 4 is 37.2 Å². The molecular formula is C46H29N5S. The van der Waals surface area contributed by atoms with Gasteiger partial charge in [0.05, 0.1) is 11.4 Å². The fraction of sp³-hybridized carbons (Fsp3) is 0. The lowest BCUT2D eigenvalue weighted by Crippen LogP contribution is -2.00. The Labute approximate surface area is 304 Å². The van der Waals surface area contributed by atoms with Gasteiger partial charge < -0.3 is 0 Å². The molecule has 5 nitrogen and oxygen atoms in total. The van der Waals surface area contributed by atoms with E-state index in [1.54, 1.807) is 11.3 Å². The molecule has 0 aliphatic heterocycles. The number of nitrogens with zero attached hydrogens (tertiary/aromatic N) is 5. The molecule has 6 aromatic carbocycles. The summed E-state index contributed by atoms with van der Waals surface area (Å²) in [7, 11) is 0. The van der Waals surface area contributed by atoms with Crippen molar-refractivity contribution in [2.24, 2.45) is 0 Å². The van der Waals surface area contributed by atoms with Gasteiger partial charge in [-0.3, -0.25) is 4.40 Å². The first-order chi connectivity index (χ1) is 25.7. The molecule has 0 atom stereocenters. The Bertz CT molecular complexity index is 2890. The summed E-state index contributed by atoms with van der Waals surface area (Å²) < 4.78 is 4.65. The smallest absolute Gasteiger partial charge is 0.164 e. The molecule has 0 spiro atoms. The normalized spacial score (nSPS) is 11.5. The number of hydrogen-bond donors (Lipinski definition) is 0. The Kier molecular flexibility index (Phi) is 7.25. The highest BCUT2D eigenvalue weighted by Crippen LogP contribution is 2.37. The molecule has 4 aromatic heterocycles. The van der Waals surface area contributed by atoms with Crippen LogP contribution in [0.5, 0.6) is 0 Å². The second kappa shape index (κ2) is 12.5. The van der Waals surface area contributed by atoms with Gasteiger partial charge in [0.15, 0.2) is 17.5 Å². The van der Waals surface area contributed by atoms with Gasteiger partial charge in [-0.25, -0.2) is 19.9 Å². The molecule has 4 heterocycles. The van der Waals surface area contributed by atoms with Crippen molar-refractivity contribution in [1.82, 2.24) is 24.3 Å². The Morgan fingerprint density at radius 1 is 0.365 bits per heavy atom. The molecule has 0 saturated carbocycles. The minimum Gasteiger partial charge on any atom is -0.299 e. The molecule has 0 saturated heterocycles. The maximum Gasteiger partial charge on any atom is 0.164 e. The highest BCUT2D eigenvalue weighted by atomic mass is 32.1. The zero-order valence-electron chi connectivity index (χ0n) is 27.9. The first kappa shape index (κ1) is 30.1. The molecule has 0 N–H and O–H groups in total. The quantitative estimate of drug-likeness (QED) is 0.175. The van der Waals surface area contributed by atoms with E-state index < -0.39 is 0 Å². The van der Waals surface area contributed by atoms with Crippen molar-refractivity contribution in [2.75, 3.05) is 0 Å². The van der Waals surface area contributed by atoms with Gasteiger partial charge in [-0.1, -0.05) is 140 Å². The molecule has 10 aromatic rings. The van der Waals surface area contributed by atoms with Crippen LogP contribution in [0.15, 0.2) is 176 Å². The van der Waals surface area contributed by atoms with Crippen LogP contribution in [-0.4, -0.2) is 24.3 Å². The highest BCUT2D eigenvalue weighted by Gasteiger charge is 2.17. The summed E-state index contributed by atoms with van der Waals surface area (Å²) in [5.74, 6) is 1.93. The SMILES string of the molecule is c1ccc(-c2nc(-c3cccc(-c4ccc(-c5nc6ccccn6c5-c5ccccc5)cc4)c3)nc(-c3ccc4c(c3)sc3ccccc34)n2)cc1. The number of pyridine rings is 1. The average Bonchev–Trinajstić information content (AvgIpc) is 3.80. The first-order valence-corrected chi connectivity index (χ1v) is 18.0. The van der Waals surface area contributed by atoms with Crippen LogP contribution in [0, 0.1) is 0 Å². The summed E-state index contributed by atoms with van der Waals surface area (Å²) in [4.78, 5) is 20.1. The van der Waals surface area contributed by atoms with Gasteiger partial charge >= 0.3 is 0 Å². The van der Waals surface area contributed by atoms with Crippen LogP contribution >= 0.6 is 11.3 Å². The van der Waals surface area contributed by atoms with Crippen molar-refractivity contribution in [3.05, 3.63) is 176 Å². The van der Waals surface area contributed by atoms with Crippen molar-refractivity contribution in [3.8, 4) is 67.8 Å². The van der Waals surface area contributed by atoms with Crippen molar-refractivity contribution < 1.29 is 0 Å². The van der Waals surface area contributed by atoms with Gasteiger partial charge in [-0.15, -0.1) is 11.3 Å². The Morgan fingerprint density at radius 3 is 1.73 bits per heavy atom. The number of rotatable bonds is 6. The van der Waals surface area contributed by atoms with Gasteiger partial charge in [0.2, 0.25) is 0 Å². The Hall–Kier alpha value is -6.76. The number of fused-ring (bicyclic) bond motifs is 4. The van der Waals surface area contributed by atoms with E-state index in [2.05, 4.69) is 126 Å². The lowest BCUT2D eigenvalue weighted by atomic mass is 9.99. The molecule has 0 amide bonds. The predicted molar refractivity (Wildman–Crippen MR) is 214 cm³/mol. The zero-order valence-corrected chi connectivity index (χ0v) is 28.7. The molecule has 10 rings (SSSR count). The van der Waals surface area contributed by atoms with Gasteiger partial charge in [-0.2, -0.15) is 0 Å². The van der Waals surface area contributed by atoms with Crippen LogP contribution in [0.25, 0.3) is 93.6 Å². The minimum absolute atomic E-state index is 0.635. The number of thiophene rings is 1. The van der Waals surface area contributed by atoms with Crippen LogP contribution in [-0.2, 0) is 0 Å². The van der Waals surface area contributed by atoms with Crippen LogP contribution in [0.3, 0.4) is 0 Å². The summed E-state index contributed by atoms with van der Waals surface area (Å²) in [6.07, 6.45) is 2.08. The maximum atomic E-state index is 5.08. The van der Waals surface area contributed by atoms with E-state index in [4.69, 9.17) is 19.9 Å². The van der Waals surface area contributed by atoms with E-state index >= 15 is 0 Å². The van der Waals surface area contributed by atoms with Crippen LogP contribution in [0.4, 0.5) is 0 Å². The standard InChI is InChI=1S/C46H29N5S/c1-3-12-32(13-4-1)43-42(47-41-20-9-10-27-51(41)43)31-23-21-30(22-24-31)34-16-11-17-35(28-34)45-48-44(33-14-5-2-6-15-33)49-46(50-45)36-25-26-38-37-18-7-8-19-39(37)52-40(38)29-36/h1-29H. The van der Waals surface area contributed by atoms with E-state index in [9.17, 15) is 0 Å². The molecular weight excluding hydrogens is 655 g/mol. The van der Waals surface area contributed by atoms with E-state index in [1.807, 2.05) is 54.6 Å². The molecule has 0 fully saturated rings. The molecule has 0 bridgehead atoms. The monoisotopic (exact) mass is 683 g/mol. The molecule has 0 aliphatic rings. The Balaban J connectivity index is 1.04. The van der Waals surface area contributed by atoms with Crippen molar-refractivity contribution in [2.45, 2.75) is 0 Å². The fourth-order valence-electron chi connectivity index (χ4n) is 6.94. The second-order valence-corrected chi connectivity index (χ2v) is 13.8.